The van der Waals surface area contributed by atoms with E-state index in [1.54, 1.807) is 0 Å². The number of halogens is 2. The molecule has 0 radical (unpaired) electrons. The Kier molecular flexibility index (Phi) is 5.30. The first-order chi connectivity index (χ1) is 9.20. The molecule has 20 heavy (non-hydrogen) atoms. The van der Waals surface area contributed by atoms with Crippen LogP contribution in [0, 0.1) is 0 Å². The molecule has 0 saturated carbocycles. The van der Waals surface area contributed by atoms with Crippen LogP contribution in [0.3, 0.4) is 0 Å². The Hall–Kier alpha value is -0.770. The van der Waals surface area contributed by atoms with Gasteiger partial charge in [0.1, 0.15) is 0 Å². The lowest BCUT2D eigenvalue weighted by atomic mass is 9.99. The van der Waals surface area contributed by atoms with E-state index in [2.05, 4.69) is 10.6 Å². The monoisotopic (exact) mass is 314 g/mol. The van der Waals surface area contributed by atoms with Crippen LogP contribution in [0.2, 0.25) is 5.02 Å². The molecule has 2 unspecified atom stereocenters. The van der Waals surface area contributed by atoms with E-state index in [0.717, 1.165) is 18.4 Å². The summed E-state index contributed by atoms with van der Waals surface area (Å²) in [5.41, 5.74) is 0.901. The van der Waals surface area contributed by atoms with Crippen LogP contribution in [-0.4, -0.2) is 24.0 Å². The lowest BCUT2D eigenvalue weighted by Crippen LogP contribution is -2.48. The molecule has 1 aromatic carbocycles. The minimum atomic E-state index is 0. The molecule has 1 amide bonds. The van der Waals surface area contributed by atoms with Crippen molar-refractivity contribution >= 4 is 29.9 Å². The number of carbonyl (C=O) groups excluding carboxylic acids is 1. The molecule has 2 atom stereocenters. The zero-order valence-electron chi connectivity index (χ0n) is 11.3. The molecule has 110 valence electrons. The van der Waals surface area contributed by atoms with E-state index in [-0.39, 0.29) is 18.3 Å². The molecule has 0 spiro atoms. The average Bonchev–Trinajstić information content (AvgIpc) is 2.72. The molecule has 2 fully saturated rings. The highest BCUT2D eigenvalue weighted by Gasteiger charge is 2.33. The fourth-order valence-electron chi connectivity index (χ4n) is 3.27. The molecule has 3 rings (SSSR count). The third kappa shape index (κ3) is 3.66. The van der Waals surface area contributed by atoms with Crippen LogP contribution in [-0.2, 0) is 11.2 Å². The summed E-state index contributed by atoms with van der Waals surface area (Å²) < 4.78 is 0. The zero-order valence-corrected chi connectivity index (χ0v) is 12.8. The lowest BCUT2D eigenvalue weighted by Gasteiger charge is -2.29. The highest BCUT2D eigenvalue weighted by atomic mass is 35.5. The van der Waals surface area contributed by atoms with E-state index in [1.807, 2.05) is 24.3 Å². The summed E-state index contributed by atoms with van der Waals surface area (Å²) in [6, 6.07) is 9.07. The van der Waals surface area contributed by atoms with Crippen molar-refractivity contribution in [2.45, 2.75) is 50.2 Å². The fourth-order valence-corrected chi connectivity index (χ4v) is 3.47. The van der Waals surface area contributed by atoms with Crippen LogP contribution in [0.4, 0.5) is 0 Å². The molecule has 2 N–H and O–H groups in total. The second-order valence-corrected chi connectivity index (χ2v) is 6.05. The molecular weight excluding hydrogens is 295 g/mol. The lowest BCUT2D eigenvalue weighted by molar-refractivity contribution is -0.121. The van der Waals surface area contributed by atoms with Gasteiger partial charge in [0.05, 0.1) is 6.42 Å². The molecule has 5 heteroatoms. The Labute approximate surface area is 130 Å². The van der Waals surface area contributed by atoms with E-state index in [4.69, 9.17) is 11.6 Å². The largest absolute Gasteiger partial charge is 0.353 e. The summed E-state index contributed by atoms with van der Waals surface area (Å²) >= 11 is 6.08. The predicted octanol–water partition coefficient (Wildman–Crippen LogP) is 2.70. The first-order valence-corrected chi connectivity index (χ1v) is 7.37. The Morgan fingerprint density at radius 3 is 2.55 bits per heavy atom. The van der Waals surface area contributed by atoms with Gasteiger partial charge in [0.2, 0.25) is 5.91 Å². The Morgan fingerprint density at radius 1 is 1.25 bits per heavy atom. The van der Waals surface area contributed by atoms with Gasteiger partial charge in [-0.25, -0.2) is 0 Å². The summed E-state index contributed by atoms with van der Waals surface area (Å²) in [6.45, 7) is 0. The molecule has 2 saturated heterocycles. The second-order valence-electron chi connectivity index (χ2n) is 5.64. The maximum Gasteiger partial charge on any atom is 0.224 e. The normalized spacial score (nSPS) is 27.8. The van der Waals surface area contributed by atoms with Crippen molar-refractivity contribution in [3.8, 4) is 0 Å². The SMILES string of the molecule is Cl.O=C(Cc1ccccc1Cl)NC1CC2CCC(C1)N2. The topological polar surface area (TPSA) is 41.1 Å². The van der Waals surface area contributed by atoms with Crippen LogP contribution >= 0.6 is 24.0 Å². The third-order valence-corrected chi connectivity index (χ3v) is 4.52. The number of nitrogens with one attached hydrogen (secondary N) is 2. The van der Waals surface area contributed by atoms with E-state index in [0.29, 0.717) is 29.6 Å². The number of rotatable bonds is 3. The number of hydrogen-bond donors (Lipinski definition) is 2. The highest BCUT2D eigenvalue weighted by molar-refractivity contribution is 6.31. The quantitative estimate of drug-likeness (QED) is 0.900. The van der Waals surface area contributed by atoms with Crippen LogP contribution < -0.4 is 10.6 Å². The number of hydrogen-bond acceptors (Lipinski definition) is 2. The summed E-state index contributed by atoms with van der Waals surface area (Å²) in [4.78, 5) is 12.1. The summed E-state index contributed by atoms with van der Waals surface area (Å²) in [7, 11) is 0. The standard InChI is InChI=1S/C15H19ClN2O.ClH/c16-14-4-2-1-3-10(14)7-15(19)18-13-8-11-5-6-12(9-13)17-11;/h1-4,11-13,17H,5-9H2,(H,18,19);1H. The molecule has 0 aliphatic carbocycles. The highest BCUT2D eigenvalue weighted by Crippen LogP contribution is 2.26. The fraction of sp³-hybridized carbons (Fsp3) is 0.533. The van der Waals surface area contributed by atoms with E-state index in [9.17, 15) is 4.79 Å². The van der Waals surface area contributed by atoms with Crippen molar-refractivity contribution in [2.75, 3.05) is 0 Å². The maximum atomic E-state index is 12.1. The van der Waals surface area contributed by atoms with Gasteiger partial charge in [-0.1, -0.05) is 29.8 Å². The van der Waals surface area contributed by atoms with Gasteiger partial charge in [-0.05, 0) is 37.3 Å². The number of amides is 1. The number of carbonyl (C=O) groups is 1. The van der Waals surface area contributed by atoms with Crippen LogP contribution in [0.1, 0.15) is 31.2 Å². The molecule has 2 heterocycles. The van der Waals surface area contributed by atoms with Crippen LogP contribution in [0.5, 0.6) is 0 Å². The minimum absolute atomic E-state index is 0. The molecular formula is C15H20Cl2N2O. The van der Waals surface area contributed by atoms with Gasteiger partial charge in [0.25, 0.3) is 0 Å². The van der Waals surface area contributed by atoms with Crippen molar-refractivity contribution in [2.24, 2.45) is 0 Å². The van der Waals surface area contributed by atoms with Crippen molar-refractivity contribution in [3.05, 3.63) is 34.9 Å². The minimum Gasteiger partial charge on any atom is -0.353 e. The molecule has 3 nitrogen and oxygen atoms in total. The van der Waals surface area contributed by atoms with E-state index in [1.165, 1.54) is 12.8 Å². The average molecular weight is 315 g/mol. The van der Waals surface area contributed by atoms with Crippen molar-refractivity contribution < 1.29 is 4.79 Å². The Bertz CT molecular complexity index is 469. The number of benzene rings is 1. The predicted molar refractivity (Wildman–Crippen MR) is 83.5 cm³/mol. The zero-order chi connectivity index (χ0) is 13.2. The van der Waals surface area contributed by atoms with Crippen molar-refractivity contribution in [3.63, 3.8) is 0 Å². The molecule has 2 aliphatic rings. The van der Waals surface area contributed by atoms with E-state index >= 15 is 0 Å². The van der Waals surface area contributed by atoms with Crippen LogP contribution in [0.25, 0.3) is 0 Å². The van der Waals surface area contributed by atoms with E-state index < -0.39 is 0 Å². The smallest absolute Gasteiger partial charge is 0.224 e. The summed E-state index contributed by atoms with van der Waals surface area (Å²) in [5.74, 6) is 0.0828. The van der Waals surface area contributed by atoms with Gasteiger partial charge in [0.15, 0.2) is 0 Å². The maximum absolute atomic E-state index is 12.1. The van der Waals surface area contributed by atoms with Crippen molar-refractivity contribution in [1.82, 2.24) is 10.6 Å². The first-order valence-electron chi connectivity index (χ1n) is 6.99. The van der Waals surface area contributed by atoms with Gasteiger partial charge in [-0.3, -0.25) is 4.79 Å². The van der Waals surface area contributed by atoms with Gasteiger partial charge < -0.3 is 10.6 Å². The molecule has 1 aromatic rings. The summed E-state index contributed by atoms with van der Waals surface area (Å²) in [5, 5.41) is 7.41. The summed E-state index contributed by atoms with van der Waals surface area (Å²) in [6.07, 6.45) is 5.00. The van der Waals surface area contributed by atoms with Gasteiger partial charge in [-0.2, -0.15) is 0 Å². The first kappa shape index (κ1) is 15.6. The van der Waals surface area contributed by atoms with Gasteiger partial charge in [0, 0.05) is 23.1 Å². The van der Waals surface area contributed by atoms with Gasteiger partial charge >= 0.3 is 0 Å². The molecule has 0 aromatic heterocycles. The Morgan fingerprint density at radius 2 is 1.90 bits per heavy atom. The molecule has 2 bridgehead atoms. The van der Waals surface area contributed by atoms with Crippen molar-refractivity contribution in [1.29, 1.82) is 0 Å². The molecule has 2 aliphatic heterocycles. The number of fused-ring (bicyclic) bond motifs is 2. The Balaban J connectivity index is 0.00000147. The third-order valence-electron chi connectivity index (χ3n) is 4.15. The van der Waals surface area contributed by atoms with Crippen LogP contribution in [0.15, 0.2) is 24.3 Å². The number of piperidine rings is 1. The second kappa shape index (κ2) is 6.79. The van der Waals surface area contributed by atoms with Gasteiger partial charge in [-0.15, -0.1) is 12.4 Å².